The number of halogens is 1. The van der Waals surface area contributed by atoms with E-state index in [1.165, 1.54) is 12.6 Å². The van der Waals surface area contributed by atoms with E-state index in [2.05, 4.69) is 10.3 Å². The fourth-order valence-electron chi connectivity index (χ4n) is 3.05. The van der Waals surface area contributed by atoms with E-state index in [9.17, 15) is 14.0 Å². The summed E-state index contributed by atoms with van der Waals surface area (Å²) in [5, 5.41) is 2.73. The van der Waals surface area contributed by atoms with E-state index in [4.69, 9.17) is 0 Å². The highest BCUT2D eigenvalue weighted by molar-refractivity contribution is 6.21. The summed E-state index contributed by atoms with van der Waals surface area (Å²) in [6.45, 7) is 0. The number of anilines is 1. The molecule has 1 aliphatic heterocycles. The van der Waals surface area contributed by atoms with Crippen LogP contribution in [-0.2, 0) is 4.79 Å². The first kappa shape index (κ1) is 13.0. The van der Waals surface area contributed by atoms with Gasteiger partial charge in [-0.05, 0) is 18.8 Å². The lowest BCUT2D eigenvalue weighted by Crippen LogP contribution is -2.38. The average molecular weight is 277 g/mol. The summed E-state index contributed by atoms with van der Waals surface area (Å²) in [7, 11) is 0. The summed E-state index contributed by atoms with van der Waals surface area (Å²) >= 11 is 0. The molecule has 2 heterocycles. The van der Waals surface area contributed by atoms with Crippen molar-refractivity contribution in [1.29, 1.82) is 0 Å². The second-order valence-corrected chi connectivity index (χ2v) is 5.36. The van der Waals surface area contributed by atoms with Crippen LogP contribution < -0.4 is 10.2 Å². The van der Waals surface area contributed by atoms with Crippen LogP contribution in [0, 0.1) is 11.7 Å². The molecule has 1 unspecified atom stereocenters. The molecule has 20 heavy (non-hydrogen) atoms. The third kappa shape index (κ3) is 2.26. The molecule has 2 aliphatic rings. The van der Waals surface area contributed by atoms with Gasteiger partial charge in [-0.15, -0.1) is 0 Å². The largest absolute Gasteiger partial charge is 0.329 e. The van der Waals surface area contributed by atoms with Crippen molar-refractivity contribution in [1.82, 2.24) is 10.3 Å². The fourth-order valence-corrected chi connectivity index (χ4v) is 3.05. The zero-order chi connectivity index (χ0) is 14.1. The Kier molecular flexibility index (Phi) is 3.38. The quantitative estimate of drug-likeness (QED) is 0.843. The Balaban J connectivity index is 1.83. The third-order valence-corrected chi connectivity index (χ3v) is 4.04. The number of carbonyl (C=O) groups is 2. The first-order valence-electron chi connectivity index (χ1n) is 6.92. The minimum Gasteiger partial charge on any atom is -0.325 e. The highest BCUT2D eigenvalue weighted by Crippen LogP contribution is 2.30. The number of imide groups is 1. The Morgan fingerprint density at radius 2 is 1.95 bits per heavy atom. The molecule has 1 aromatic heterocycles. The van der Waals surface area contributed by atoms with Crippen LogP contribution >= 0.6 is 0 Å². The van der Waals surface area contributed by atoms with Gasteiger partial charge in [-0.25, -0.2) is 14.1 Å². The predicted molar refractivity (Wildman–Crippen MR) is 70.6 cm³/mol. The standard InChI is InChI=1S/C14H16FN3O2/c15-10-6-11(8-16-7-10)18-13(19)12(17-14(18)20)9-4-2-1-3-5-9/h6-9,12H,1-5H2,(H,17,20). The van der Waals surface area contributed by atoms with Crippen molar-refractivity contribution >= 4 is 17.6 Å². The van der Waals surface area contributed by atoms with E-state index in [1.807, 2.05) is 0 Å². The minimum atomic E-state index is -0.566. The van der Waals surface area contributed by atoms with Crippen LogP contribution in [0.4, 0.5) is 14.9 Å². The Bertz CT molecular complexity index is 543. The summed E-state index contributed by atoms with van der Waals surface area (Å²) < 4.78 is 13.2. The summed E-state index contributed by atoms with van der Waals surface area (Å²) in [5.74, 6) is -0.676. The zero-order valence-corrected chi connectivity index (χ0v) is 11.0. The average Bonchev–Trinajstić information content (AvgIpc) is 2.75. The monoisotopic (exact) mass is 277 g/mol. The Morgan fingerprint density at radius 1 is 1.20 bits per heavy atom. The molecule has 3 amide bonds. The number of amides is 3. The number of pyridine rings is 1. The lowest BCUT2D eigenvalue weighted by Gasteiger charge is -2.25. The van der Waals surface area contributed by atoms with Crippen molar-refractivity contribution < 1.29 is 14.0 Å². The van der Waals surface area contributed by atoms with Gasteiger partial charge in [0.25, 0.3) is 5.91 Å². The summed E-state index contributed by atoms with van der Waals surface area (Å²) in [6, 6.07) is 0.178. The summed E-state index contributed by atoms with van der Waals surface area (Å²) in [6.07, 6.45) is 7.63. The topological polar surface area (TPSA) is 62.3 Å². The number of hydrogen-bond donors (Lipinski definition) is 1. The van der Waals surface area contributed by atoms with Crippen LogP contribution in [0.5, 0.6) is 0 Å². The second kappa shape index (κ2) is 5.19. The molecular formula is C14H16FN3O2. The second-order valence-electron chi connectivity index (χ2n) is 5.36. The van der Waals surface area contributed by atoms with Gasteiger partial charge in [0.2, 0.25) is 0 Å². The highest BCUT2D eigenvalue weighted by Gasteiger charge is 2.43. The lowest BCUT2D eigenvalue weighted by atomic mass is 9.84. The molecule has 5 nitrogen and oxygen atoms in total. The van der Waals surface area contributed by atoms with Gasteiger partial charge in [-0.2, -0.15) is 0 Å². The molecule has 0 spiro atoms. The predicted octanol–water partition coefficient (Wildman–Crippen LogP) is 2.23. The van der Waals surface area contributed by atoms with E-state index in [-0.39, 0.29) is 17.5 Å². The van der Waals surface area contributed by atoms with E-state index < -0.39 is 17.9 Å². The zero-order valence-electron chi connectivity index (χ0n) is 11.0. The van der Waals surface area contributed by atoms with Crippen LogP contribution in [-0.4, -0.2) is 23.0 Å². The van der Waals surface area contributed by atoms with Gasteiger partial charge < -0.3 is 5.32 Å². The molecule has 106 valence electrons. The molecule has 0 aromatic carbocycles. The van der Waals surface area contributed by atoms with Crippen LogP contribution in [0.1, 0.15) is 32.1 Å². The SMILES string of the molecule is O=C1NC(C2CCCCC2)C(=O)N1c1cncc(F)c1. The van der Waals surface area contributed by atoms with Crippen LogP contribution in [0.15, 0.2) is 18.5 Å². The molecule has 1 atom stereocenters. The molecule has 1 aliphatic carbocycles. The van der Waals surface area contributed by atoms with Crippen molar-refractivity contribution in [3.05, 3.63) is 24.3 Å². The van der Waals surface area contributed by atoms with Gasteiger partial charge in [-0.1, -0.05) is 19.3 Å². The number of hydrogen-bond acceptors (Lipinski definition) is 3. The molecule has 2 fully saturated rings. The maximum Gasteiger partial charge on any atom is 0.329 e. The molecule has 1 aromatic rings. The highest BCUT2D eigenvalue weighted by atomic mass is 19.1. The smallest absolute Gasteiger partial charge is 0.325 e. The van der Waals surface area contributed by atoms with E-state index >= 15 is 0 Å². The normalized spacial score (nSPS) is 24.1. The Labute approximate surface area is 116 Å². The van der Waals surface area contributed by atoms with Gasteiger partial charge >= 0.3 is 6.03 Å². The van der Waals surface area contributed by atoms with Crippen molar-refractivity contribution in [3.63, 3.8) is 0 Å². The van der Waals surface area contributed by atoms with Gasteiger partial charge in [0.1, 0.15) is 11.9 Å². The fraction of sp³-hybridized carbons (Fsp3) is 0.500. The van der Waals surface area contributed by atoms with E-state index in [0.29, 0.717) is 0 Å². The third-order valence-electron chi connectivity index (χ3n) is 4.04. The minimum absolute atomic E-state index is 0.186. The van der Waals surface area contributed by atoms with Crippen LogP contribution in [0.3, 0.4) is 0 Å². The van der Waals surface area contributed by atoms with Crippen LogP contribution in [0.25, 0.3) is 0 Å². The van der Waals surface area contributed by atoms with Gasteiger partial charge in [0.05, 0.1) is 18.1 Å². The number of aromatic nitrogens is 1. The number of nitrogens with one attached hydrogen (secondary N) is 1. The van der Waals surface area contributed by atoms with Gasteiger partial charge in [0, 0.05) is 6.07 Å². The van der Waals surface area contributed by atoms with E-state index in [1.54, 1.807) is 0 Å². The van der Waals surface area contributed by atoms with Crippen molar-refractivity contribution in [2.75, 3.05) is 4.90 Å². The molecular weight excluding hydrogens is 261 g/mol. The Hall–Kier alpha value is -1.98. The maximum atomic E-state index is 13.2. The molecule has 1 saturated carbocycles. The number of urea groups is 1. The molecule has 6 heteroatoms. The summed E-state index contributed by atoms with van der Waals surface area (Å²) in [5.41, 5.74) is 0.186. The molecule has 0 bridgehead atoms. The lowest BCUT2D eigenvalue weighted by molar-refractivity contribution is -0.119. The first-order valence-corrected chi connectivity index (χ1v) is 6.92. The first-order chi connectivity index (χ1) is 9.66. The molecule has 1 N–H and O–H groups in total. The Morgan fingerprint density at radius 3 is 2.65 bits per heavy atom. The molecule has 0 radical (unpaired) electrons. The summed E-state index contributed by atoms with van der Waals surface area (Å²) in [4.78, 5) is 29.1. The number of nitrogens with zero attached hydrogens (tertiary/aromatic N) is 2. The van der Waals surface area contributed by atoms with Gasteiger partial charge in [0.15, 0.2) is 0 Å². The van der Waals surface area contributed by atoms with Crippen molar-refractivity contribution in [2.24, 2.45) is 5.92 Å². The maximum absolute atomic E-state index is 13.2. The molecule has 1 saturated heterocycles. The number of rotatable bonds is 2. The van der Waals surface area contributed by atoms with Crippen molar-refractivity contribution in [2.45, 2.75) is 38.1 Å². The van der Waals surface area contributed by atoms with Gasteiger partial charge in [-0.3, -0.25) is 9.78 Å². The number of carbonyl (C=O) groups excluding carboxylic acids is 2. The van der Waals surface area contributed by atoms with Crippen LogP contribution in [0.2, 0.25) is 0 Å². The van der Waals surface area contributed by atoms with E-state index in [0.717, 1.165) is 42.8 Å². The van der Waals surface area contributed by atoms with Crippen molar-refractivity contribution in [3.8, 4) is 0 Å². The molecule has 3 rings (SSSR count).